The number of esters is 1. The summed E-state index contributed by atoms with van der Waals surface area (Å²) in [6.07, 6.45) is 1.30. The quantitative estimate of drug-likeness (QED) is 0.370. The van der Waals surface area contributed by atoms with Crippen molar-refractivity contribution < 1.29 is 14.3 Å². The van der Waals surface area contributed by atoms with E-state index in [-0.39, 0.29) is 17.8 Å². The fourth-order valence-corrected chi connectivity index (χ4v) is 4.63. The molecule has 0 aliphatic carbocycles. The summed E-state index contributed by atoms with van der Waals surface area (Å²) in [6, 6.07) is 21.6. The minimum absolute atomic E-state index is 0.0103. The molecule has 170 valence electrons. The number of carbonyl (C=O) groups is 2. The van der Waals surface area contributed by atoms with Crippen molar-refractivity contribution >= 4 is 23.6 Å². The summed E-state index contributed by atoms with van der Waals surface area (Å²) in [5.74, 6) is 0.455. The van der Waals surface area contributed by atoms with Gasteiger partial charge in [0.25, 0.3) is 5.91 Å². The minimum atomic E-state index is -0.150. The summed E-state index contributed by atoms with van der Waals surface area (Å²) in [4.78, 5) is 26.7. The van der Waals surface area contributed by atoms with E-state index < -0.39 is 0 Å². The Morgan fingerprint density at radius 3 is 2.48 bits per heavy atom. The molecule has 0 unspecified atom stereocenters. The van der Waals surface area contributed by atoms with Gasteiger partial charge in [0, 0.05) is 30.0 Å². The highest BCUT2D eigenvalue weighted by molar-refractivity contribution is 7.98. The van der Waals surface area contributed by atoms with E-state index in [1.165, 1.54) is 0 Å². The zero-order valence-electron chi connectivity index (χ0n) is 18.6. The lowest BCUT2D eigenvalue weighted by atomic mass is 9.96. The molecule has 0 radical (unpaired) electrons. The van der Waals surface area contributed by atoms with Gasteiger partial charge in [-0.1, -0.05) is 54.2 Å². The second-order valence-electron chi connectivity index (χ2n) is 7.93. The number of amides is 1. The Hall–Kier alpha value is -3.19. The predicted molar refractivity (Wildman–Crippen MR) is 129 cm³/mol. The van der Waals surface area contributed by atoms with Crippen LogP contribution in [0.15, 0.2) is 71.8 Å². The molecule has 33 heavy (non-hydrogen) atoms. The van der Waals surface area contributed by atoms with E-state index in [9.17, 15) is 9.59 Å². The van der Waals surface area contributed by atoms with Gasteiger partial charge in [0.15, 0.2) is 0 Å². The Morgan fingerprint density at radius 2 is 1.79 bits per heavy atom. The third-order valence-electron chi connectivity index (χ3n) is 5.67. The van der Waals surface area contributed by atoms with Crippen LogP contribution < -0.4 is 0 Å². The van der Waals surface area contributed by atoms with Gasteiger partial charge in [-0.3, -0.25) is 9.59 Å². The molecule has 0 saturated carbocycles. The summed E-state index contributed by atoms with van der Waals surface area (Å²) >= 11 is 1.59. The molecule has 6 nitrogen and oxygen atoms in total. The van der Waals surface area contributed by atoms with Crippen LogP contribution in [-0.4, -0.2) is 46.7 Å². The lowest BCUT2D eigenvalue weighted by Gasteiger charge is -2.31. The molecule has 2 aromatic carbocycles. The molecule has 0 N–H and O–H groups in total. The molecule has 1 aromatic heterocycles. The van der Waals surface area contributed by atoms with Gasteiger partial charge in [0.1, 0.15) is 5.03 Å². The molecule has 1 saturated heterocycles. The van der Waals surface area contributed by atoms with Gasteiger partial charge in [-0.2, -0.15) is 0 Å². The van der Waals surface area contributed by atoms with E-state index in [2.05, 4.69) is 10.2 Å². The van der Waals surface area contributed by atoms with Crippen molar-refractivity contribution in [3.63, 3.8) is 0 Å². The Labute approximate surface area is 198 Å². The Balaban J connectivity index is 1.32. The van der Waals surface area contributed by atoms with Crippen LogP contribution in [0.4, 0.5) is 0 Å². The van der Waals surface area contributed by atoms with Crippen molar-refractivity contribution in [3.05, 3.63) is 77.9 Å². The second kappa shape index (κ2) is 11.1. The first-order valence-corrected chi connectivity index (χ1v) is 12.2. The number of carbonyl (C=O) groups excluding carboxylic acids is 2. The number of hydrogen-bond acceptors (Lipinski definition) is 6. The number of rotatable bonds is 7. The molecule has 1 aliphatic heterocycles. The van der Waals surface area contributed by atoms with Gasteiger partial charge >= 0.3 is 5.97 Å². The molecular weight excluding hydrogens is 434 g/mol. The second-order valence-corrected chi connectivity index (χ2v) is 8.93. The topological polar surface area (TPSA) is 72.4 Å². The fraction of sp³-hybridized carbons (Fsp3) is 0.308. The number of ether oxygens (including phenoxy) is 1. The fourth-order valence-electron chi connectivity index (χ4n) is 3.87. The van der Waals surface area contributed by atoms with Crippen LogP contribution in [0, 0.1) is 5.92 Å². The van der Waals surface area contributed by atoms with Gasteiger partial charge in [-0.15, -0.1) is 10.2 Å². The Morgan fingerprint density at radius 1 is 1.00 bits per heavy atom. The third-order valence-corrected chi connectivity index (χ3v) is 6.66. The van der Waals surface area contributed by atoms with E-state index in [4.69, 9.17) is 4.74 Å². The molecule has 7 heteroatoms. The standard InChI is InChI=1S/C26H27N3O3S/c1-2-32-26(31)21-13-15-29(16-14-21)25(30)22-10-6-7-19(17-22)18-33-24-12-11-23(27-28-24)20-8-4-3-5-9-20/h3-12,17,21H,2,13-16,18H2,1H3. The van der Waals surface area contributed by atoms with Gasteiger partial charge in [0.05, 0.1) is 18.2 Å². The highest BCUT2D eigenvalue weighted by Crippen LogP contribution is 2.24. The maximum absolute atomic E-state index is 13.0. The minimum Gasteiger partial charge on any atom is -0.466 e. The number of aromatic nitrogens is 2. The molecule has 0 atom stereocenters. The molecule has 0 bridgehead atoms. The van der Waals surface area contributed by atoms with Crippen LogP contribution in [-0.2, 0) is 15.3 Å². The number of thioether (sulfide) groups is 1. The van der Waals surface area contributed by atoms with Crippen LogP contribution in [0.2, 0.25) is 0 Å². The van der Waals surface area contributed by atoms with Crippen molar-refractivity contribution in [1.82, 2.24) is 15.1 Å². The van der Waals surface area contributed by atoms with Crippen LogP contribution in [0.5, 0.6) is 0 Å². The van der Waals surface area contributed by atoms with Crippen molar-refractivity contribution in [2.45, 2.75) is 30.5 Å². The monoisotopic (exact) mass is 461 g/mol. The first-order valence-electron chi connectivity index (χ1n) is 11.2. The average Bonchev–Trinajstić information content (AvgIpc) is 2.88. The van der Waals surface area contributed by atoms with Gasteiger partial charge < -0.3 is 9.64 Å². The normalized spacial score (nSPS) is 14.2. The Bertz CT molecular complexity index is 1080. The van der Waals surface area contributed by atoms with Crippen LogP contribution in [0.3, 0.4) is 0 Å². The largest absolute Gasteiger partial charge is 0.466 e. The smallest absolute Gasteiger partial charge is 0.309 e. The molecule has 0 spiro atoms. The van der Waals surface area contributed by atoms with Gasteiger partial charge in [-0.05, 0) is 49.6 Å². The summed E-state index contributed by atoms with van der Waals surface area (Å²) in [7, 11) is 0. The SMILES string of the molecule is CCOC(=O)C1CCN(C(=O)c2cccc(CSc3ccc(-c4ccccc4)nn3)c2)CC1. The zero-order chi connectivity index (χ0) is 23.0. The van der Waals surface area contributed by atoms with E-state index in [1.54, 1.807) is 11.8 Å². The highest BCUT2D eigenvalue weighted by Gasteiger charge is 2.28. The van der Waals surface area contributed by atoms with E-state index >= 15 is 0 Å². The Kier molecular flexibility index (Phi) is 7.73. The predicted octanol–water partition coefficient (Wildman–Crippen LogP) is 4.85. The zero-order valence-corrected chi connectivity index (χ0v) is 19.5. The molecule has 4 rings (SSSR count). The van der Waals surface area contributed by atoms with Crippen LogP contribution in [0.1, 0.15) is 35.7 Å². The first-order chi connectivity index (χ1) is 16.1. The first kappa shape index (κ1) is 23.0. The van der Waals surface area contributed by atoms with Crippen LogP contribution >= 0.6 is 11.8 Å². The summed E-state index contributed by atoms with van der Waals surface area (Å²) in [5.41, 5.74) is 3.62. The highest BCUT2D eigenvalue weighted by atomic mass is 32.2. The van der Waals surface area contributed by atoms with Crippen molar-refractivity contribution in [2.75, 3.05) is 19.7 Å². The lowest BCUT2D eigenvalue weighted by molar-refractivity contribution is -0.149. The number of likely N-dealkylation sites (tertiary alicyclic amines) is 1. The summed E-state index contributed by atoms with van der Waals surface area (Å²) in [5, 5.41) is 9.51. The van der Waals surface area contributed by atoms with E-state index in [0.29, 0.717) is 43.9 Å². The lowest BCUT2D eigenvalue weighted by Crippen LogP contribution is -2.40. The maximum atomic E-state index is 13.0. The summed E-state index contributed by atoms with van der Waals surface area (Å²) < 4.78 is 5.12. The van der Waals surface area contributed by atoms with E-state index in [1.807, 2.05) is 78.6 Å². The maximum Gasteiger partial charge on any atom is 0.309 e. The van der Waals surface area contributed by atoms with E-state index in [0.717, 1.165) is 21.8 Å². The van der Waals surface area contributed by atoms with Gasteiger partial charge in [0.2, 0.25) is 0 Å². The number of piperidine rings is 1. The molecule has 3 aromatic rings. The molecular formula is C26H27N3O3S. The average molecular weight is 462 g/mol. The third kappa shape index (κ3) is 5.99. The number of benzene rings is 2. The summed E-state index contributed by atoms with van der Waals surface area (Å²) in [6.45, 7) is 3.36. The number of nitrogens with zero attached hydrogens (tertiary/aromatic N) is 3. The molecule has 2 heterocycles. The van der Waals surface area contributed by atoms with Crippen molar-refractivity contribution in [2.24, 2.45) is 5.92 Å². The molecule has 1 amide bonds. The molecule has 1 aliphatic rings. The van der Waals surface area contributed by atoms with Crippen molar-refractivity contribution in [1.29, 1.82) is 0 Å². The van der Waals surface area contributed by atoms with Crippen LogP contribution in [0.25, 0.3) is 11.3 Å². The van der Waals surface area contributed by atoms with Gasteiger partial charge in [-0.25, -0.2) is 0 Å². The molecule has 1 fully saturated rings. The number of hydrogen-bond donors (Lipinski definition) is 0. The van der Waals surface area contributed by atoms with Crippen molar-refractivity contribution in [3.8, 4) is 11.3 Å².